The molecule has 0 fully saturated rings. The first-order valence-electron chi connectivity index (χ1n) is 7.14. The van der Waals surface area contributed by atoms with E-state index in [9.17, 15) is 0 Å². The molecule has 0 bridgehead atoms. The summed E-state index contributed by atoms with van der Waals surface area (Å²) in [4.78, 5) is 8.74. The first-order valence-corrected chi connectivity index (χ1v) is 7.14. The molecule has 0 aliphatic rings. The topological polar surface area (TPSA) is 68.3 Å². The van der Waals surface area contributed by atoms with Crippen molar-refractivity contribution in [1.29, 1.82) is 0 Å². The van der Waals surface area contributed by atoms with Crippen LogP contribution in [0.2, 0.25) is 0 Å². The van der Waals surface area contributed by atoms with E-state index in [0.717, 1.165) is 41.5 Å². The van der Waals surface area contributed by atoms with Crippen LogP contribution in [0.4, 0.5) is 11.5 Å². The second-order valence-corrected chi connectivity index (χ2v) is 4.83. The molecule has 0 unspecified atom stereocenters. The van der Waals surface area contributed by atoms with Crippen LogP contribution in [0.25, 0.3) is 0 Å². The van der Waals surface area contributed by atoms with Gasteiger partial charge in [0.15, 0.2) is 11.6 Å². The minimum Gasteiger partial charge on any atom is -0.493 e. The summed E-state index contributed by atoms with van der Waals surface area (Å²) in [6, 6.07) is 5.88. The molecular formula is C16H22N4O2. The number of ether oxygens (including phenoxy) is 2. The number of hydrogen-bond donors (Lipinski definition) is 2. The Hall–Kier alpha value is -2.50. The van der Waals surface area contributed by atoms with Gasteiger partial charge in [-0.25, -0.2) is 9.97 Å². The molecule has 22 heavy (non-hydrogen) atoms. The molecule has 6 nitrogen and oxygen atoms in total. The van der Waals surface area contributed by atoms with Crippen molar-refractivity contribution in [3.05, 3.63) is 35.7 Å². The molecule has 118 valence electrons. The minimum atomic E-state index is 0.598. The Morgan fingerprint density at radius 1 is 1.18 bits per heavy atom. The summed E-state index contributed by atoms with van der Waals surface area (Å²) in [5, 5.41) is 6.38. The number of aromatic nitrogens is 2. The normalized spacial score (nSPS) is 10.2. The molecule has 0 aliphatic heterocycles. The Labute approximate surface area is 130 Å². The van der Waals surface area contributed by atoms with E-state index in [1.165, 1.54) is 0 Å². The van der Waals surface area contributed by atoms with Gasteiger partial charge in [-0.2, -0.15) is 0 Å². The van der Waals surface area contributed by atoms with E-state index in [4.69, 9.17) is 9.47 Å². The monoisotopic (exact) mass is 302 g/mol. The standard InChI is InChI=1S/C16H22N4O2/c1-11-5-6-14(21-3)15(20-11)18-8-7-12-9-13(17-2)16(22-4)19-10-12/h5-6,9-10,17H,7-8H2,1-4H3,(H,18,20). The number of anilines is 2. The number of nitrogens with zero attached hydrogens (tertiary/aromatic N) is 2. The van der Waals surface area contributed by atoms with Gasteiger partial charge in [0.05, 0.1) is 19.9 Å². The predicted octanol–water partition coefficient (Wildman–Crippen LogP) is 2.50. The smallest absolute Gasteiger partial charge is 0.237 e. The van der Waals surface area contributed by atoms with Gasteiger partial charge < -0.3 is 20.1 Å². The summed E-state index contributed by atoms with van der Waals surface area (Å²) >= 11 is 0. The lowest BCUT2D eigenvalue weighted by atomic mass is 10.2. The molecule has 0 amide bonds. The number of methoxy groups -OCH3 is 2. The average molecular weight is 302 g/mol. The van der Waals surface area contributed by atoms with E-state index in [-0.39, 0.29) is 0 Å². The van der Waals surface area contributed by atoms with Crippen LogP contribution in [0.3, 0.4) is 0 Å². The van der Waals surface area contributed by atoms with Gasteiger partial charge in [0.1, 0.15) is 0 Å². The Morgan fingerprint density at radius 2 is 2.00 bits per heavy atom. The highest BCUT2D eigenvalue weighted by atomic mass is 16.5. The lowest BCUT2D eigenvalue weighted by Crippen LogP contribution is -2.09. The maximum atomic E-state index is 5.31. The Morgan fingerprint density at radius 3 is 2.68 bits per heavy atom. The fourth-order valence-electron chi connectivity index (χ4n) is 2.13. The Balaban J connectivity index is 2.01. The van der Waals surface area contributed by atoms with Crippen molar-refractivity contribution >= 4 is 11.5 Å². The minimum absolute atomic E-state index is 0.598. The fraction of sp³-hybridized carbons (Fsp3) is 0.375. The molecule has 6 heteroatoms. The molecule has 0 saturated heterocycles. The summed E-state index contributed by atoms with van der Waals surface area (Å²) in [5.74, 6) is 2.11. The Kier molecular flexibility index (Phi) is 5.41. The van der Waals surface area contributed by atoms with Gasteiger partial charge in [0.2, 0.25) is 5.88 Å². The van der Waals surface area contributed by atoms with E-state index in [0.29, 0.717) is 5.88 Å². The molecule has 2 rings (SSSR count). The zero-order chi connectivity index (χ0) is 15.9. The number of aryl methyl sites for hydroxylation is 1. The highest BCUT2D eigenvalue weighted by molar-refractivity contribution is 5.54. The third-order valence-corrected chi connectivity index (χ3v) is 3.29. The summed E-state index contributed by atoms with van der Waals surface area (Å²) in [6.45, 7) is 2.70. The van der Waals surface area contributed by atoms with Gasteiger partial charge in [-0.1, -0.05) is 0 Å². The SMILES string of the molecule is CNc1cc(CCNc2nc(C)ccc2OC)cnc1OC. The van der Waals surface area contributed by atoms with E-state index in [1.807, 2.05) is 38.4 Å². The van der Waals surface area contributed by atoms with Crippen LogP contribution in [0.15, 0.2) is 24.4 Å². The Bertz CT molecular complexity index is 632. The zero-order valence-corrected chi connectivity index (χ0v) is 13.4. The van der Waals surface area contributed by atoms with Crippen LogP contribution in [-0.4, -0.2) is 37.8 Å². The van der Waals surface area contributed by atoms with Gasteiger partial charge in [-0.3, -0.25) is 0 Å². The summed E-state index contributed by atoms with van der Waals surface area (Å²) in [5.41, 5.74) is 2.95. The number of pyridine rings is 2. The van der Waals surface area contributed by atoms with Crippen molar-refractivity contribution in [2.45, 2.75) is 13.3 Å². The maximum absolute atomic E-state index is 5.31. The second kappa shape index (κ2) is 7.49. The van der Waals surface area contributed by atoms with Crippen LogP contribution in [-0.2, 0) is 6.42 Å². The highest BCUT2D eigenvalue weighted by Crippen LogP contribution is 2.23. The van der Waals surface area contributed by atoms with Crippen molar-refractivity contribution in [2.24, 2.45) is 0 Å². The molecular weight excluding hydrogens is 280 g/mol. The lowest BCUT2D eigenvalue weighted by Gasteiger charge is -2.12. The number of hydrogen-bond acceptors (Lipinski definition) is 6. The molecule has 0 atom stereocenters. The van der Waals surface area contributed by atoms with Crippen molar-refractivity contribution < 1.29 is 9.47 Å². The molecule has 2 heterocycles. The zero-order valence-electron chi connectivity index (χ0n) is 13.4. The van der Waals surface area contributed by atoms with Gasteiger partial charge in [-0.05, 0) is 37.1 Å². The summed E-state index contributed by atoms with van der Waals surface area (Å²) < 4.78 is 10.5. The van der Waals surface area contributed by atoms with Crippen LogP contribution in [0.1, 0.15) is 11.3 Å². The van der Waals surface area contributed by atoms with Gasteiger partial charge in [0, 0.05) is 25.5 Å². The predicted molar refractivity (Wildman–Crippen MR) is 88.1 cm³/mol. The van der Waals surface area contributed by atoms with Gasteiger partial charge >= 0.3 is 0 Å². The largest absolute Gasteiger partial charge is 0.493 e. The second-order valence-electron chi connectivity index (χ2n) is 4.83. The third kappa shape index (κ3) is 3.78. The first-order chi connectivity index (χ1) is 10.7. The number of rotatable bonds is 7. The molecule has 0 saturated carbocycles. The van der Waals surface area contributed by atoms with Crippen LogP contribution in [0.5, 0.6) is 11.6 Å². The summed E-state index contributed by atoms with van der Waals surface area (Å²) in [7, 11) is 5.10. The van der Waals surface area contributed by atoms with Crippen molar-refractivity contribution in [3.63, 3.8) is 0 Å². The lowest BCUT2D eigenvalue weighted by molar-refractivity contribution is 0.399. The molecule has 2 aromatic rings. The van der Waals surface area contributed by atoms with Crippen LogP contribution < -0.4 is 20.1 Å². The van der Waals surface area contributed by atoms with E-state index in [2.05, 4.69) is 20.6 Å². The maximum Gasteiger partial charge on any atom is 0.237 e. The van der Waals surface area contributed by atoms with Crippen molar-refractivity contribution in [3.8, 4) is 11.6 Å². The van der Waals surface area contributed by atoms with E-state index < -0.39 is 0 Å². The molecule has 0 aliphatic carbocycles. The van der Waals surface area contributed by atoms with Gasteiger partial charge in [-0.15, -0.1) is 0 Å². The van der Waals surface area contributed by atoms with Crippen LogP contribution >= 0.6 is 0 Å². The highest BCUT2D eigenvalue weighted by Gasteiger charge is 2.06. The molecule has 0 aromatic carbocycles. The van der Waals surface area contributed by atoms with E-state index in [1.54, 1.807) is 14.2 Å². The van der Waals surface area contributed by atoms with E-state index >= 15 is 0 Å². The average Bonchev–Trinajstić information content (AvgIpc) is 2.55. The van der Waals surface area contributed by atoms with Crippen molar-refractivity contribution in [2.75, 3.05) is 38.4 Å². The summed E-state index contributed by atoms with van der Waals surface area (Å²) in [6.07, 6.45) is 2.65. The van der Waals surface area contributed by atoms with Crippen molar-refractivity contribution in [1.82, 2.24) is 9.97 Å². The third-order valence-electron chi connectivity index (χ3n) is 3.29. The molecule has 0 radical (unpaired) electrons. The van der Waals surface area contributed by atoms with Crippen LogP contribution in [0, 0.1) is 6.92 Å². The fourth-order valence-corrected chi connectivity index (χ4v) is 2.13. The molecule has 2 aromatic heterocycles. The first kappa shape index (κ1) is 15.9. The molecule has 2 N–H and O–H groups in total. The number of nitrogens with one attached hydrogen (secondary N) is 2. The van der Waals surface area contributed by atoms with Gasteiger partial charge in [0.25, 0.3) is 0 Å². The quantitative estimate of drug-likeness (QED) is 0.819. The molecule has 0 spiro atoms.